The average molecular weight is 214 g/mol. The first-order chi connectivity index (χ1) is 7.69. The molecule has 1 aromatic carbocycles. The predicted molar refractivity (Wildman–Crippen MR) is 63.3 cm³/mol. The van der Waals surface area contributed by atoms with E-state index < -0.39 is 12.2 Å². The quantitative estimate of drug-likeness (QED) is 0.750. The maximum absolute atomic E-state index is 9.62. The van der Waals surface area contributed by atoms with Crippen LogP contribution in [0.3, 0.4) is 0 Å². The molecule has 2 unspecified atom stereocenters. The lowest BCUT2D eigenvalue weighted by atomic mass is 10.0. The minimum absolute atomic E-state index is 0.284. The van der Waals surface area contributed by atoms with Crippen LogP contribution in [0, 0.1) is 24.7 Å². The van der Waals surface area contributed by atoms with E-state index in [9.17, 15) is 10.2 Å². The number of terminal acetylenes is 2. The van der Waals surface area contributed by atoms with E-state index >= 15 is 0 Å². The van der Waals surface area contributed by atoms with E-state index in [4.69, 9.17) is 12.8 Å². The van der Waals surface area contributed by atoms with E-state index in [1.807, 2.05) is 0 Å². The van der Waals surface area contributed by atoms with Crippen LogP contribution in [0.15, 0.2) is 24.3 Å². The summed E-state index contributed by atoms with van der Waals surface area (Å²) >= 11 is 0. The zero-order chi connectivity index (χ0) is 12.0. The normalized spacial score (nSPS) is 13.5. The third kappa shape index (κ3) is 3.14. The summed E-state index contributed by atoms with van der Waals surface area (Å²) < 4.78 is 0. The van der Waals surface area contributed by atoms with Crippen molar-refractivity contribution in [3.63, 3.8) is 0 Å². The number of aliphatic hydroxyl groups excluding tert-OH is 2. The van der Waals surface area contributed by atoms with Crippen LogP contribution in [0.1, 0.15) is 36.2 Å². The van der Waals surface area contributed by atoms with Crippen molar-refractivity contribution in [2.75, 3.05) is 0 Å². The van der Waals surface area contributed by atoms with Gasteiger partial charge in [0.25, 0.3) is 0 Å². The molecule has 0 aromatic heterocycles. The van der Waals surface area contributed by atoms with E-state index in [-0.39, 0.29) is 12.8 Å². The van der Waals surface area contributed by atoms with Crippen molar-refractivity contribution in [2.45, 2.75) is 25.0 Å². The van der Waals surface area contributed by atoms with Crippen LogP contribution in [0.25, 0.3) is 0 Å². The molecule has 1 rings (SSSR count). The van der Waals surface area contributed by atoms with Gasteiger partial charge in [0.1, 0.15) is 0 Å². The Balaban J connectivity index is 2.76. The minimum atomic E-state index is -0.649. The molecule has 2 heteroatoms. The van der Waals surface area contributed by atoms with Gasteiger partial charge in [-0.15, -0.1) is 24.7 Å². The zero-order valence-corrected chi connectivity index (χ0v) is 8.93. The Kier molecular flexibility index (Phi) is 4.61. The molecule has 0 amide bonds. The van der Waals surface area contributed by atoms with Gasteiger partial charge in [0.2, 0.25) is 0 Å². The summed E-state index contributed by atoms with van der Waals surface area (Å²) in [7, 11) is 0. The van der Waals surface area contributed by atoms with Crippen molar-refractivity contribution < 1.29 is 10.2 Å². The first kappa shape index (κ1) is 12.3. The maximum atomic E-state index is 9.62. The second-order valence-electron chi connectivity index (χ2n) is 3.51. The van der Waals surface area contributed by atoms with E-state index in [0.29, 0.717) is 0 Å². The SMILES string of the molecule is C#CCC(O)c1ccc(C(O)CC#C)cc1. The van der Waals surface area contributed by atoms with Crippen molar-refractivity contribution in [3.8, 4) is 24.7 Å². The highest BCUT2D eigenvalue weighted by molar-refractivity contribution is 5.26. The van der Waals surface area contributed by atoms with Crippen molar-refractivity contribution in [1.29, 1.82) is 0 Å². The van der Waals surface area contributed by atoms with Crippen LogP contribution in [-0.4, -0.2) is 10.2 Å². The fourth-order valence-electron chi connectivity index (χ4n) is 1.40. The summed E-state index contributed by atoms with van der Waals surface area (Å²) in [5.74, 6) is 4.80. The molecule has 82 valence electrons. The monoisotopic (exact) mass is 214 g/mol. The van der Waals surface area contributed by atoms with Crippen LogP contribution in [0.4, 0.5) is 0 Å². The number of rotatable bonds is 4. The smallest absolute Gasteiger partial charge is 0.0899 e. The fourth-order valence-corrected chi connectivity index (χ4v) is 1.40. The lowest BCUT2D eigenvalue weighted by Crippen LogP contribution is -1.99. The van der Waals surface area contributed by atoms with Gasteiger partial charge in [-0.2, -0.15) is 0 Å². The molecular weight excluding hydrogens is 200 g/mol. The second kappa shape index (κ2) is 5.98. The Morgan fingerprint density at radius 2 is 1.19 bits per heavy atom. The highest BCUT2D eigenvalue weighted by Crippen LogP contribution is 2.21. The molecule has 0 aliphatic carbocycles. The van der Waals surface area contributed by atoms with Crippen LogP contribution < -0.4 is 0 Å². The molecule has 16 heavy (non-hydrogen) atoms. The summed E-state index contributed by atoms with van der Waals surface area (Å²) in [5.41, 5.74) is 1.49. The van der Waals surface area contributed by atoms with E-state index in [2.05, 4.69) is 11.8 Å². The molecule has 0 radical (unpaired) electrons. The zero-order valence-electron chi connectivity index (χ0n) is 8.93. The van der Waals surface area contributed by atoms with Crippen molar-refractivity contribution in [3.05, 3.63) is 35.4 Å². The number of aliphatic hydroxyl groups is 2. The maximum Gasteiger partial charge on any atom is 0.0899 e. The third-order valence-corrected chi connectivity index (χ3v) is 2.33. The van der Waals surface area contributed by atoms with Crippen LogP contribution in [-0.2, 0) is 0 Å². The van der Waals surface area contributed by atoms with Gasteiger partial charge in [-0.1, -0.05) is 24.3 Å². The molecule has 0 bridgehead atoms. The van der Waals surface area contributed by atoms with Gasteiger partial charge in [-0.05, 0) is 11.1 Å². The topological polar surface area (TPSA) is 40.5 Å². The van der Waals surface area contributed by atoms with Gasteiger partial charge in [0.15, 0.2) is 0 Å². The summed E-state index contributed by atoms with van der Waals surface area (Å²) in [6.07, 6.45) is 9.49. The van der Waals surface area contributed by atoms with E-state index in [1.165, 1.54) is 0 Å². The molecule has 0 spiro atoms. The Morgan fingerprint density at radius 3 is 1.44 bits per heavy atom. The Hall–Kier alpha value is -1.74. The van der Waals surface area contributed by atoms with E-state index in [1.54, 1.807) is 24.3 Å². The number of hydrogen-bond acceptors (Lipinski definition) is 2. The fraction of sp³-hybridized carbons (Fsp3) is 0.286. The third-order valence-electron chi connectivity index (χ3n) is 2.33. The molecule has 0 saturated carbocycles. The molecule has 0 aliphatic rings. The molecule has 0 aliphatic heterocycles. The Labute approximate surface area is 95.9 Å². The molecular formula is C14H14O2. The largest absolute Gasteiger partial charge is 0.387 e. The molecule has 0 saturated heterocycles. The van der Waals surface area contributed by atoms with Gasteiger partial charge in [0.05, 0.1) is 12.2 Å². The van der Waals surface area contributed by atoms with E-state index in [0.717, 1.165) is 11.1 Å². The highest BCUT2D eigenvalue weighted by atomic mass is 16.3. The summed E-state index contributed by atoms with van der Waals surface area (Å²) in [6, 6.07) is 6.99. The average Bonchev–Trinajstić information content (AvgIpc) is 2.30. The molecule has 2 nitrogen and oxygen atoms in total. The number of hydrogen-bond donors (Lipinski definition) is 2. The standard InChI is InChI=1S/C14H14O2/c1-3-5-13(15)11-7-9-12(10-8-11)14(16)6-4-2/h1-2,7-10,13-16H,5-6H2. The molecule has 0 heterocycles. The summed E-state index contributed by atoms with van der Waals surface area (Å²) in [4.78, 5) is 0. The van der Waals surface area contributed by atoms with Crippen molar-refractivity contribution in [2.24, 2.45) is 0 Å². The highest BCUT2D eigenvalue weighted by Gasteiger charge is 2.08. The van der Waals surface area contributed by atoms with Gasteiger partial charge < -0.3 is 10.2 Å². The van der Waals surface area contributed by atoms with Crippen molar-refractivity contribution >= 4 is 0 Å². The van der Waals surface area contributed by atoms with Gasteiger partial charge in [-0.25, -0.2) is 0 Å². The van der Waals surface area contributed by atoms with Crippen LogP contribution in [0.2, 0.25) is 0 Å². The molecule has 2 atom stereocenters. The van der Waals surface area contributed by atoms with Gasteiger partial charge >= 0.3 is 0 Å². The Bertz CT molecular complexity index is 365. The Morgan fingerprint density at radius 1 is 0.875 bits per heavy atom. The summed E-state index contributed by atoms with van der Waals surface area (Å²) in [5, 5.41) is 19.2. The predicted octanol–water partition coefficient (Wildman–Crippen LogP) is 1.80. The van der Waals surface area contributed by atoms with Gasteiger partial charge in [-0.3, -0.25) is 0 Å². The lowest BCUT2D eigenvalue weighted by molar-refractivity contribution is 0.180. The molecule has 0 fully saturated rings. The van der Waals surface area contributed by atoms with Crippen LogP contribution >= 0.6 is 0 Å². The van der Waals surface area contributed by atoms with Gasteiger partial charge in [0, 0.05) is 12.8 Å². The second-order valence-corrected chi connectivity index (χ2v) is 3.51. The summed E-state index contributed by atoms with van der Waals surface area (Å²) in [6.45, 7) is 0. The lowest BCUT2D eigenvalue weighted by Gasteiger charge is -2.11. The minimum Gasteiger partial charge on any atom is -0.387 e. The number of benzene rings is 1. The molecule has 2 N–H and O–H groups in total. The first-order valence-corrected chi connectivity index (χ1v) is 5.02. The molecule has 1 aromatic rings. The van der Waals surface area contributed by atoms with Crippen LogP contribution in [0.5, 0.6) is 0 Å². The van der Waals surface area contributed by atoms with Crippen molar-refractivity contribution in [1.82, 2.24) is 0 Å². The first-order valence-electron chi connectivity index (χ1n) is 5.02.